The third-order valence-electron chi connectivity index (χ3n) is 4.06. The highest BCUT2D eigenvalue weighted by atomic mass is 16.2. The Kier molecular flexibility index (Phi) is 3.29. The predicted octanol–water partition coefficient (Wildman–Crippen LogP) is 1.42. The highest BCUT2D eigenvalue weighted by Crippen LogP contribution is 2.56. The standard InChI is InChI=1S/C12H22N2O/c13-8-9-14-11(15)12(6-7-12)10-4-2-1-3-5-10/h10H,1-9,13H2,(H,14,15). The van der Waals surface area contributed by atoms with Crippen LogP contribution in [-0.4, -0.2) is 19.0 Å². The summed E-state index contributed by atoms with van der Waals surface area (Å²) in [5.41, 5.74) is 5.43. The molecule has 2 fully saturated rings. The molecular weight excluding hydrogens is 188 g/mol. The molecule has 3 N–H and O–H groups in total. The van der Waals surface area contributed by atoms with Gasteiger partial charge in [0.25, 0.3) is 0 Å². The first-order chi connectivity index (χ1) is 7.29. The van der Waals surface area contributed by atoms with E-state index in [1.54, 1.807) is 0 Å². The van der Waals surface area contributed by atoms with Crippen molar-refractivity contribution in [1.29, 1.82) is 0 Å². The van der Waals surface area contributed by atoms with Gasteiger partial charge in [0, 0.05) is 13.1 Å². The van der Waals surface area contributed by atoms with Gasteiger partial charge < -0.3 is 11.1 Å². The highest BCUT2D eigenvalue weighted by molar-refractivity contribution is 5.85. The third-order valence-corrected chi connectivity index (χ3v) is 4.06. The summed E-state index contributed by atoms with van der Waals surface area (Å²) < 4.78 is 0. The monoisotopic (exact) mass is 210 g/mol. The van der Waals surface area contributed by atoms with Crippen LogP contribution in [-0.2, 0) is 4.79 Å². The second-order valence-corrected chi connectivity index (χ2v) is 5.04. The SMILES string of the molecule is NCCNC(=O)C1(C2CCCCC2)CC1. The number of carbonyl (C=O) groups is 1. The van der Waals surface area contributed by atoms with Crippen molar-refractivity contribution in [3.05, 3.63) is 0 Å². The summed E-state index contributed by atoms with van der Waals surface area (Å²) in [6.45, 7) is 1.18. The molecule has 0 bridgehead atoms. The number of nitrogens with one attached hydrogen (secondary N) is 1. The van der Waals surface area contributed by atoms with Gasteiger partial charge in [0.15, 0.2) is 0 Å². The van der Waals surface area contributed by atoms with Crippen molar-refractivity contribution in [2.24, 2.45) is 17.1 Å². The summed E-state index contributed by atoms with van der Waals surface area (Å²) >= 11 is 0. The summed E-state index contributed by atoms with van der Waals surface area (Å²) in [6.07, 6.45) is 8.72. The first-order valence-corrected chi connectivity index (χ1v) is 6.28. The minimum absolute atomic E-state index is 0.0234. The molecule has 2 rings (SSSR count). The van der Waals surface area contributed by atoms with Crippen molar-refractivity contribution < 1.29 is 4.79 Å². The maximum absolute atomic E-state index is 12.0. The van der Waals surface area contributed by atoms with E-state index in [4.69, 9.17) is 5.73 Å². The van der Waals surface area contributed by atoms with Crippen molar-refractivity contribution in [3.8, 4) is 0 Å². The van der Waals surface area contributed by atoms with Gasteiger partial charge in [-0.2, -0.15) is 0 Å². The molecule has 3 nitrogen and oxygen atoms in total. The maximum Gasteiger partial charge on any atom is 0.226 e. The predicted molar refractivity (Wildman–Crippen MR) is 60.3 cm³/mol. The lowest BCUT2D eigenvalue weighted by atomic mass is 9.77. The summed E-state index contributed by atoms with van der Waals surface area (Å²) in [5.74, 6) is 0.934. The molecule has 1 amide bonds. The molecule has 15 heavy (non-hydrogen) atoms. The van der Waals surface area contributed by atoms with Crippen LogP contribution in [0.5, 0.6) is 0 Å². The fourth-order valence-corrected chi connectivity index (χ4v) is 2.97. The number of amides is 1. The second kappa shape index (κ2) is 4.52. The fourth-order valence-electron chi connectivity index (χ4n) is 2.97. The van der Waals surface area contributed by atoms with E-state index in [9.17, 15) is 4.79 Å². The van der Waals surface area contributed by atoms with Gasteiger partial charge in [-0.3, -0.25) is 4.79 Å². The van der Waals surface area contributed by atoms with E-state index in [-0.39, 0.29) is 11.3 Å². The smallest absolute Gasteiger partial charge is 0.226 e. The molecule has 0 aliphatic heterocycles. The zero-order valence-corrected chi connectivity index (χ0v) is 9.43. The molecule has 0 heterocycles. The molecule has 0 saturated heterocycles. The number of carbonyl (C=O) groups excluding carboxylic acids is 1. The Morgan fingerprint density at radius 1 is 1.27 bits per heavy atom. The van der Waals surface area contributed by atoms with Gasteiger partial charge in [-0.1, -0.05) is 19.3 Å². The lowest BCUT2D eigenvalue weighted by molar-refractivity contribution is -0.128. The van der Waals surface area contributed by atoms with Crippen LogP contribution in [0.4, 0.5) is 0 Å². The summed E-state index contributed by atoms with van der Waals surface area (Å²) in [7, 11) is 0. The van der Waals surface area contributed by atoms with Crippen molar-refractivity contribution in [3.63, 3.8) is 0 Å². The topological polar surface area (TPSA) is 55.1 Å². The van der Waals surface area contributed by atoms with Crippen LogP contribution in [0.2, 0.25) is 0 Å². The van der Waals surface area contributed by atoms with E-state index in [1.165, 1.54) is 32.1 Å². The van der Waals surface area contributed by atoms with E-state index >= 15 is 0 Å². The number of rotatable bonds is 4. The molecule has 0 aromatic heterocycles. The van der Waals surface area contributed by atoms with Crippen molar-refractivity contribution in [2.45, 2.75) is 44.9 Å². The Bertz CT molecular complexity index is 230. The van der Waals surface area contributed by atoms with E-state index in [0.29, 0.717) is 19.0 Å². The van der Waals surface area contributed by atoms with Gasteiger partial charge in [0.2, 0.25) is 5.91 Å². The van der Waals surface area contributed by atoms with Crippen molar-refractivity contribution in [1.82, 2.24) is 5.32 Å². The maximum atomic E-state index is 12.0. The van der Waals surface area contributed by atoms with Crippen LogP contribution in [0.15, 0.2) is 0 Å². The summed E-state index contributed by atoms with van der Waals surface area (Å²) in [5, 5.41) is 2.97. The van der Waals surface area contributed by atoms with Crippen LogP contribution >= 0.6 is 0 Å². The van der Waals surface area contributed by atoms with Crippen LogP contribution in [0.1, 0.15) is 44.9 Å². The zero-order valence-electron chi connectivity index (χ0n) is 9.43. The average molecular weight is 210 g/mol. The Morgan fingerprint density at radius 2 is 1.93 bits per heavy atom. The quantitative estimate of drug-likeness (QED) is 0.737. The number of hydrogen-bond donors (Lipinski definition) is 2. The van der Waals surface area contributed by atoms with E-state index in [2.05, 4.69) is 5.32 Å². The second-order valence-electron chi connectivity index (χ2n) is 5.04. The summed E-state index contributed by atoms with van der Waals surface area (Å²) in [6, 6.07) is 0. The molecule has 2 aliphatic rings. The highest BCUT2D eigenvalue weighted by Gasteiger charge is 2.54. The normalized spacial score (nSPS) is 24.9. The minimum Gasteiger partial charge on any atom is -0.354 e. The van der Waals surface area contributed by atoms with E-state index in [1.807, 2.05) is 0 Å². The lowest BCUT2D eigenvalue weighted by Gasteiger charge is -2.29. The van der Waals surface area contributed by atoms with Crippen LogP contribution in [0.25, 0.3) is 0 Å². The largest absolute Gasteiger partial charge is 0.354 e. The van der Waals surface area contributed by atoms with E-state index < -0.39 is 0 Å². The van der Waals surface area contributed by atoms with Gasteiger partial charge >= 0.3 is 0 Å². The average Bonchev–Trinajstić information content (AvgIpc) is 3.08. The molecule has 86 valence electrons. The Morgan fingerprint density at radius 3 is 2.47 bits per heavy atom. The van der Waals surface area contributed by atoms with Crippen LogP contribution < -0.4 is 11.1 Å². The van der Waals surface area contributed by atoms with Gasteiger partial charge in [0.05, 0.1) is 5.41 Å². The minimum atomic E-state index is 0.0234. The number of hydrogen-bond acceptors (Lipinski definition) is 2. The molecule has 0 aromatic rings. The van der Waals surface area contributed by atoms with Crippen molar-refractivity contribution in [2.75, 3.05) is 13.1 Å². The molecule has 0 unspecified atom stereocenters. The first-order valence-electron chi connectivity index (χ1n) is 6.28. The van der Waals surface area contributed by atoms with Crippen LogP contribution in [0.3, 0.4) is 0 Å². The Hall–Kier alpha value is -0.570. The fraction of sp³-hybridized carbons (Fsp3) is 0.917. The Labute approximate surface area is 91.8 Å². The van der Waals surface area contributed by atoms with E-state index in [0.717, 1.165) is 12.8 Å². The Balaban J connectivity index is 1.90. The first kappa shape index (κ1) is 10.9. The van der Waals surface area contributed by atoms with Crippen molar-refractivity contribution >= 4 is 5.91 Å². The van der Waals surface area contributed by atoms with Gasteiger partial charge in [0.1, 0.15) is 0 Å². The molecule has 0 aromatic carbocycles. The molecule has 2 saturated carbocycles. The lowest BCUT2D eigenvalue weighted by Crippen LogP contribution is -2.39. The third kappa shape index (κ3) is 2.17. The molecule has 3 heteroatoms. The molecular formula is C12H22N2O. The summed E-state index contributed by atoms with van der Waals surface area (Å²) in [4.78, 5) is 12.0. The molecule has 2 aliphatic carbocycles. The van der Waals surface area contributed by atoms with Gasteiger partial charge in [-0.15, -0.1) is 0 Å². The van der Waals surface area contributed by atoms with Crippen LogP contribution in [0, 0.1) is 11.3 Å². The molecule has 0 atom stereocenters. The molecule has 0 radical (unpaired) electrons. The molecule has 0 spiro atoms. The number of nitrogens with two attached hydrogens (primary N) is 1. The zero-order chi connectivity index (χ0) is 10.7. The van der Waals surface area contributed by atoms with Gasteiger partial charge in [-0.25, -0.2) is 0 Å². The van der Waals surface area contributed by atoms with Gasteiger partial charge in [-0.05, 0) is 31.6 Å².